The van der Waals surface area contributed by atoms with Gasteiger partial charge in [0.1, 0.15) is 18.2 Å². The maximum absolute atomic E-state index is 11.8. The molecular weight excluding hydrogens is 338 g/mol. The van der Waals surface area contributed by atoms with Gasteiger partial charge >= 0.3 is 0 Å². The second-order valence-electron chi connectivity index (χ2n) is 5.24. The van der Waals surface area contributed by atoms with Crippen LogP contribution in [0.1, 0.15) is 13.0 Å². The molecular formula is C13H19N5O7. The first-order chi connectivity index (χ1) is 11.8. The number of aromatic amines is 1. The molecule has 0 saturated carbocycles. The first-order valence-electron chi connectivity index (χ1n) is 7.19. The molecule has 3 rings (SSSR count). The van der Waals surface area contributed by atoms with Crippen LogP contribution in [-0.4, -0.2) is 73.0 Å². The number of hydrogen-bond acceptors (Lipinski definition) is 9. The zero-order valence-electron chi connectivity index (χ0n) is 13.5. The molecule has 1 aliphatic rings. The zero-order chi connectivity index (χ0) is 18.7. The maximum Gasteiger partial charge on any atom is 0.300 e. The number of nitrogens with one attached hydrogen (secondary N) is 1. The highest BCUT2D eigenvalue weighted by Crippen LogP contribution is 2.33. The fourth-order valence-electron chi connectivity index (χ4n) is 2.52. The minimum Gasteiger partial charge on any atom is -0.481 e. The second kappa shape index (κ2) is 7.57. The van der Waals surface area contributed by atoms with E-state index in [0.29, 0.717) is 0 Å². The van der Waals surface area contributed by atoms with E-state index >= 15 is 0 Å². The number of fused-ring (bicyclic) bond motifs is 1. The van der Waals surface area contributed by atoms with Crippen molar-refractivity contribution in [2.24, 2.45) is 0 Å². The number of rotatable bonds is 3. The van der Waals surface area contributed by atoms with Crippen LogP contribution in [0.5, 0.6) is 0 Å². The Bertz CT molecular complexity index is 798. The number of aromatic nitrogens is 4. The molecule has 4 atom stereocenters. The van der Waals surface area contributed by atoms with Crippen LogP contribution in [-0.2, 0) is 14.3 Å². The number of hydrogen-bond donors (Lipinski definition) is 5. The summed E-state index contributed by atoms with van der Waals surface area (Å²) in [5.41, 5.74) is 5.37. The Morgan fingerprint density at radius 2 is 2.20 bits per heavy atom. The molecule has 6 N–H and O–H groups in total. The molecule has 0 aliphatic carbocycles. The molecule has 4 unspecified atom stereocenters. The summed E-state index contributed by atoms with van der Waals surface area (Å²) in [6.45, 7) is 0.723. The Kier molecular flexibility index (Phi) is 5.69. The van der Waals surface area contributed by atoms with Gasteiger partial charge in [-0.2, -0.15) is 4.98 Å². The second-order valence-corrected chi connectivity index (χ2v) is 5.24. The molecule has 0 bridgehead atoms. The molecule has 0 aromatic carbocycles. The van der Waals surface area contributed by atoms with Crippen LogP contribution < -0.4 is 11.3 Å². The smallest absolute Gasteiger partial charge is 0.300 e. The summed E-state index contributed by atoms with van der Waals surface area (Å²) in [6, 6.07) is -0.703. The summed E-state index contributed by atoms with van der Waals surface area (Å²) in [7, 11) is 1.41. The lowest BCUT2D eigenvalue weighted by molar-refractivity contribution is -0.136. The van der Waals surface area contributed by atoms with Crippen molar-refractivity contribution in [3.05, 3.63) is 16.7 Å². The molecule has 25 heavy (non-hydrogen) atoms. The van der Waals surface area contributed by atoms with Gasteiger partial charge in [-0.25, -0.2) is 4.98 Å². The number of carbonyl (C=O) groups is 1. The molecule has 12 nitrogen and oxygen atoms in total. The van der Waals surface area contributed by atoms with Gasteiger partial charge in [0.15, 0.2) is 17.5 Å². The third kappa shape index (κ3) is 3.76. The van der Waals surface area contributed by atoms with E-state index in [4.69, 9.17) is 25.1 Å². The van der Waals surface area contributed by atoms with Gasteiger partial charge < -0.3 is 35.1 Å². The van der Waals surface area contributed by atoms with Gasteiger partial charge in [0.2, 0.25) is 5.95 Å². The largest absolute Gasteiger partial charge is 0.481 e. The standard InChI is InChI=1S/C11H15N5O5.C2H4O2/c1-20-10-6(7(18)4(2-17)21-10)16-3-13-5-8(16)14-11(12)15-9(5)19;1-2(3)4/h3-4,6-7,10,17-18H,2H2,1H3,(H3,12,14,15,19);1H3,(H,3,4). The van der Waals surface area contributed by atoms with Crippen LogP contribution in [0.15, 0.2) is 11.1 Å². The first kappa shape index (κ1) is 18.8. The van der Waals surface area contributed by atoms with Crippen LogP contribution in [0.4, 0.5) is 5.95 Å². The van der Waals surface area contributed by atoms with Crippen LogP contribution in [0, 0.1) is 0 Å². The van der Waals surface area contributed by atoms with Crippen LogP contribution in [0.3, 0.4) is 0 Å². The van der Waals surface area contributed by atoms with Crippen LogP contribution in [0.2, 0.25) is 0 Å². The normalized spacial score (nSPS) is 25.6. The van der Waals surface area contributed by atoms with Crippen molar-refractivity contribution in [1.82, 2.24) is 19.5 Å². The fourth-order valence-corrected chi connectivity index (χ4v) is 2.52. The molecule has 0 amide bonds. The number of H-pyrrole nitrogens is 1. The summed E-state index contributed by atoms with van der Waals surface area (Å²) < 4.78 is 12.0. The van der Waals surface area contributed by atoms with Crippen LogP contribution in [0.25, 0.3) is 11.2 Å². The number of aliphatic hydroxyl groups excluding tert-OH is 2. The topological polar surface area (TPSA) is 186 Å². The molecule has 138 valence electrons. The summed E-state index contributed by atoms with van der Waals surface area (Å²) in [6.07, 6.45) is -1.29. The molecule has 1 aliphatic heterocycles. The number of carboxylic acids is 1. The lowest BCUT2D eigenvalue weighted by Crippen LogP contribution is -2.32. The molecule has 2 aromatic rings. The van der Waals surface area contributed by atoms with E-state index in [0.717, 1.165) is 6.92 Å². The van der Waals surface area contributed by atoms with E-state index in [1.807, 2.05) is 0 Å². The molecule has 1 fully saturated rings. The van der Waals surface area contributed by atoms with E-state index in [2.05, 4.69) is 15.0 Å². The van der Waals surface area contributed by atoms with Crippen molar-refractivity contribution < 1.29 is 29.6 Å². The number of aliphatic carboxylic acids is 1. The number of carboxylic acid groups (broad SMARTS) is 1. The third-order valence-corrected chi connectivity index (χ3v) is 3.50. The van der Waals surface area contributed by atoms with E-state index in [1.54, 1.807) is 0 Å². The molecule has 3 heterocycles. The van der Waals surface area contributed by atoms with Crippen molar-refractivity contribution in [3.8, 4) is 0 Å². The van der Waals surface area contributed by atoms with Gasteiger partial charge in [0, 0.05) is 14.0 Å². The number of nitrogens with two attached hydrogens (primary N) is 1. The predicted octanol–water partition coefficient (Wildman–Crippen LogP) is -1.94. The molecule has 0 spiro atoms. The average Bonchev–Trinajstić information content (AvgIpc) is 3.07. The minimum absolute atomic E-state index is 0.0599. The number of nitrogens with zero attached hydrogens (tertiary/aromatic N) is 3. The van der Waals surface area contributed by atoms with Crippen molar-refractivity contribution >= 4 is 23.1 Å². The molecule has 1 saturated heterocycles. The van der Waals surface area contributed by atoms with E-state index < -0.39 is 36.1 Å². The van der Waals surface area contributed by atoms with Gasteiger partial charge in [-0.05, 0) is 0 Å². The third-order valence-electron chi connectivity index (χ3n) is 3.50. The fraction of sp³-hybridized carbons (Fsp3) is 0.538. The number of aliphatic hydroxyl groups is 2. The Balaban J connectivity index is 0.000000511. The lowest BCUT2D eigenvalue weighted by Gasteiger charge is -2.20. The maximum atomic E-state index is 11.8. The van der Waals surface area contributed by atoms with Gasteiger partial charge in [0.05, 0.1) is 12.9 Å². The van der Waals surface area contributed by atoms with E-state index in [1.165, 1.54) is 18.0 Å². The molecule has 12 heteroatoms. The minimum atomic E-state index is -1.04. The highest BCUT2D eigenvalue weighted by Gasteiger charge is 2.45. The summed E-state index contributed by atoms with van der Waals surface area (Å²) in [4.78, 5) is 31.1. The van der Waals surface area contributed by atoms with Crippen molar-refractivity contribution in [2.45, 2.75) is 31.5 Å². The Morgan fingerprint density at radius 1 is 1.56 bits per heavy atom. The van der Waals surface area contributed by atoms with E-state index in [9.17, 15) is 15.0 Å². The number of imidazole rings is 1. The predicted molar refractivity (Wildman–Crippen MR) is 83.7 cm³/mol. The quantitative estimate of drug-likeness (QED) is 0.413. The number of methoxy groups -OCH3 is 1. The first-order valence-corrected chi connectivity index (χ1v) is 7.19. The van der Waals surface area contributed by atoms with Gasteiger partial charge in [-0.15, -0.1) is 0 Å². The SMILES string of the molecule is CC(=O)O.COC1OC(CO)C(O)C1n1cnc2c(=O)[nH]c(N)nc21. The highest BCUT2D eigenvalue weighted by atomic mass is 16.7. The van der Waals surface area contributed by atoms with Gasteiger partial charge in [-0.1, -0.05) is 0 Å². The van der Waals surface area contributed by atoms with Crippen molar-refractivity contribution in [3.63, 3.8) is 0 Å². The number of ether oxygens (including phenoxy) is 2. The summed E-state index contributed by atoms with van der Waals surface area (Å²) in [5.74, 6) is -0.893. The Labute approximate surface area is 140 Å². The van der Waals surface area contributed by atoms with Crippen molar-refractivity contribution in [2.75, 3.05) is 19.5 Å². The monoisotopic (exact) mass is 357 g/mol. The highest BCUT2D eigenvalue weighted by molar-refractivity contribution is 5.70. The van der Waals surface area contributed by atoms with E-state index in [-0.39, 0.29) is 23.7 Å². The number of anilines is 1. The number of nitrogen functional groups attached to an aromatic ring is 1. The average molecular weight is 357 g/mol. The summed E-state index contributed by atoms with van der Waals surface area (Å²) in [5, 5.41) is 26.9. The lowest BCUT2D eigenvalue weighted by atomic mass is 10.1. The van der Waals surface area contributed by atoms with Gasteiger partial charge in [-0.3, -0.25) is 14.6 Å². The van der Waals surface area contributed by atoms with Crippen molar-refractivity contribution in [1.29, 1.82) is 0 Å². The van der Waals surface area contributed by atoms with Gasteiger partial charge in [0.25, 0.3) is 11.5 Å². The molecule has 2 aromatic heterocycles. The molecule has 0 radical (unpaired) electrons. The van der Waals surface area contributed by atoms with Crippen LogP contribution >= 0.6 is 0 Å². The zero-order valence-corrected chi connectivity index (χ0v) is 13.5. The summed E-state index contributed by atoms with van der Waals surface area (Å²) >= 11 is 0. The Hall–Kier alpha value is -2.54. The Morgan fingerprint density at radius 3 is 2.76 bits per heavy atom.